The van der Waals surface area contributed by atoms with Crippen LogP contribution in [0.1, 0.15) is 52.4 Å². The second-order valence-electron chi connectivity index (χ2n) is 8.69. The van der Waals surface area contributed by atoms with Crippen LogP contribution in [0.3, 0.4) is 0 Å². The molecule has 2 heterocycles. The number of carbonyl (C=O) groups excluding carboxylic acids is 4. The Morgan fingerprint density at radius 2 is 1.38 bits per heavy atom. The molecule has 196 valence electrons. The molecule has 0 radical (unpaired) electrons. The van der Waals surface area contributed by atoms with E-state index in [1.807, 2.05) is 6.92 Å². The molecule has 2 saturated heterocycles. The molecule has 2 fully saturated rings. The molecular formula is C21H37IN4O7S. The fourth-order valence-electron chi connectivity index (χ4n) is 4.13. The maximum absolute atomic E-state index is 11.9. The minimum absolute atomic E-state index is 0.00573. The minimum atomic E-state index is -3.49. The van der Waals surface area contributed by atoms with Gasteiger partial charge in [0.2, 0.25) is 23.6 Å². The normalized spacial score (nSPS) is 23.1. The maximum atomic E-state index is 11.9. The van der Waals surface area contributed by atoms with E-state index >= 15 is 0 Å². The van der Waals surface area contributed by atoms with Crippen LogP contribution < -0.4 is 11.5 Å². The Balaban J connectivity index is 0.000000350. The number of piperidine rings is 2. The number of nitrogens with zero attached hydrogens (tertiary/aromatic N) is 2. The molecule has 0 aromatic heterocycles. The number of likely N-dealkylation sites (tertiary alicyclic amines) is 2. The molecule has 11 nitrogen and oxygen atoms in total. The molecule has 2 unspecified atom stereocenters. The van der Waals surface area contributed by atoms with Gasteiger partial charge in [0.1, 0.15) is 12.1 Å². The fourth-order valence-corrected chi connectivity index (χ4v) is 5.32. The lowest BCUT2D eigenvalue weighted by atomic mass is 9.95. The van der Waals surface area contributed by atoms with Crippen LogP contribution in [0.25, 0.3) is 0 Å². The number of nitrogens with two attached hydrogens (primary N) is 2. The molecule has 4 atom stereocenters. The van der Waals surface area contributed by atoms with Gasteiger partial charge in [0.05, 0.1) is 12.9 Å². The highest BCUT2D eigenvalue weighted by Crippen LogP contribution is 2.23. The number of hydrogen-bond donors (Lipinski definition) is 2. The van der Waals surface area contributed by atoms with Crippen LogP contribution in [0.5, 0.6) is 0 Å². The van der Waals surface area contributed by atoms with Gasteiger partial charge >= 0.3 is 0 Å². The quantitative estimate of drug-likeness (QED) is 0.203. The molecule has 2 aliphatic rings. The zero-order chi connectivity index (χ0) is 26.1. The van der Waals surface area contributed by atoms with Crippen molar-refractivity contribution in [3.8, 4) is 0 Å². The average Bonchev–Trinajstić information content (AvgIpc) is 2.75. The first-order valence-corrected chi connectivity index (χ1v) is 14.8. The molecule has 34 heavy (non-hydrogen) atoms. The monoisotopic (exact) mass is 616 g/mol. The van der Waals surface area contributed by atoms with E-state index in [2.05, 4.69) is 22.6 Å². The number of carbonyl (C=O) groups is 4. The number of primary amides is 2. The zero-order valence-electron chi connectivity index (χ0n) is 20.1. The lowest BCUT2D eigenvalue weighted by Gasteiger charge is -2.35. The van der Waals surface area contributed by atoms with Crippen molar-refractivity contribution in [1.82, 2.24) is 9.80 Å². The Morgan fingerprint density at radius 1 is 0.971 bits per heavy atom. The summed E-state index contributed by atoms with van der Waals surface area (Å²) in [6.45, 7) is 4.76. The second kappa shape index (κ2) is 14.2. The lowest BCUT2D eigenvalue weighted by Crippen LogP contribution is -2.51. The van der Waals surface area contributed by atoms with Gasteiger partial charge in [-0.15, -0.1) is 0 Å². The molecule has 2 rings (SSSR count). The fraction of sp³-hybridized carbons (Fsp3) is 0.810. The van der Waals surface area contributed by atoms with Gasteiger partial charge < -0.3 is 21.3 Å². The average molecular weight is 617 g/mol. The lowest BCUT2D eigenvalue weighted by molar-refractivity contribution is -0.143. The van der Waals surface area contributed by atoms with E-state index in [0.717, 1.165) is 17.1 Å². The second-order valence-corrected chi connectivity index (χ2v) is 11.2. The van der Waals surface area contributed by atoms with Crippen molar-refractivity contribution in [3.05, 3.63) is 0 Å². The molecular weight excluding hydrogens is 579 g/mol. The number of halogens is 1. The van der Waals surface area contributed by atoms with Crippen LogP contribution >= 0.6 is 22.6 Å². The maximum Gasteiger partial charge on any atom is 0.264 e. The van der Waals surface area contributed by atoms with Gasteiger partial charge in [-0.25, -0.2) is 0 Å². The van der Waals surface area contributed by atoms with Crippen LogP contribution in [-0.2, 0) is 33.5 Å². The Kier molecular flexibility index (Phi) is 12.7. The Bertz CT molecular complexity index is 839. The molecule has 2 aliphatic heterocycles. The molecule has 0 spiro atoms. The van der Waals surface area contributed by atoms with Crippen molar-refractivity contribution in [2.24, 2.45) is 23.3 Å². The summed E-state index contributed by atoms with van der Waals surface area (Å²) in [6, 6.07) is -0.989. The summed E-state index contributed by atoms with van der Waals surface area (Å²) in [5, 5.41) is 0. The Labute approximate surface area is 215 Å². The number of rotatable bonds is 10. The van der Waals surface area contributed by atoms with E-state index < -0.39 is 34.0 Å². The topological polar surface area (TPSA) is 170 Å². The van der Waals surface area contributed by atoms with E-state index in [1.165, 1.54) is 4.90 Å². The molecule has 0 aromatic rings. The highest BCUT2D eigenvalue weighted by atomic mass is 127. The summed E-state index contributed by atoms with van der Waals surface area (Å²) in [5.41, 5.74) is 10.5. The van der Waals surface area contributed by atoms with Crippen molar-refractivity contribution in [2.75, 3.05) is 30.4 Å². The molecule has 0 bridgehead atoms. The largest absolute Gasteiger partial charge is 0.368 e. The van der Waals surface area contributed by atoms with E-state index in [9.17, 15) is 27.6 Å². The number of hydrogen-bond acceptors (Lipinski definition) is 7. The third kappa shape index (κ3) is 9.64. The first kappa shape index (κ1) is 30.6. The molecule has 0 aliphatic carbocycles. The van der Waals surface area contributed by atoms with E-state index in [4.69, 9.17) is 15.7 Å². The summed E-state index contributed by atoms with van der Waals surface area (Å²) in [4.78, 5) is 49.2. The predicted molar refractivity (Wildman–Crippen MR) is 135 cm³/mol. The van der Waals surface area contributed by atoms with Crippen molar-refractivity contribution in [2.45, 2.75) is 64.5 Å². The van der Waals surface area contributed by atoms with Crippen molar-refractivity contribution < 1.29 is 31.8 Å². The van der Waals surface area contributed by atoms with Gasteiger partial charge in [-0.2, -0.15) is 8.42 Å². The summed E-state index contributed by atoms with van der Waals surface area (Å²) in [6.07, 6.45) is 4.39. The first-order valence-electron chi connectivity index (χ1n) is 11.4. The smallest absolute Gasteiger partial charge is 0.264 e. The van der Waals surface area contributed by atoms with Gasteiger partial charge in [0.25, 0.3) is 10.1 Å². The number of alkyl halides is 1. The SMILES string of the molecule is CC[C@@H](C(N)=O)N1CCC(CI)CC1=O.CC[C@@H](C(N)=O)N1CCC(COS(C)(=O)=O)CC1=O. The Morgan fingerprint density at radius 3 is 1.71 bits per heavy atom. The van der Waals surface area contributed by atoms with Crippen LogP contribution in [-0.4, -0.2) is 84.3 Å². The van der Waals surface area contributed by atoms with E-state index in [1.54, 1.807) is 11.8 Å². The van der Waals surface area contributed by atoms with Crippen LogP contribution in [0.2, 0.25) is 0 Å². The predicted octanol–water partition coefficient (Wildman–Crippen LogP) is 0.389. The van der Waals surface area contributed by atoms with E-state index in [-0.39, 0.29) is 30.8 Å². The molecule has 4 amide bonds. The molecule has 4 N–H and O–H groups in total. The van der Waals surface area contributed by atoms with Gasteiger partial charge in [-0.3, -0.25) is 23.4 Å². The van der Waals surface area contributed by atoms with Crippen LogP contribution in [0.15, 0.2) is 0 Å². The molecule has 0 aromatic carbocycles. The van der Waals surface area contributed by atoms with Crippen LogP contribution in [0, 0.1) is 11.8 Å². The number of amides is 4. The summed E-state index contributed by atoms with van der Waals surface area (Å²) in [5.74, 6) is -0.670. The van der Waals surface area contributed by atoms with Crippen molar-refractivity contribution >= 4 is 56.3 Å². The zero-order valence-corrected chi connectivity index (χ0v) is 23.0. The van der Waals surface area contributed by atoms with Crippen LogP contribution in [0.4, 0.5) is 0 Å². The van der Waals surface area contributed by atoms with Gasteiger partial charge in [0.15, 0.2) is 0 Å². The minimum Gasteiger partial charge on any atom is -0.368 e. The molecule has 13 heteroatoms. The standard InChI is InChI=1S/C11H20N2O5S.C10H17IN2O2/c1-3-9(11(12)15)13-5-4-8(6-10(13)14)7-18-19(2,16)17;1-2-8(10(12)15)13-4-3-7(6-11)5-9(13)14/h8-9H,3-7H2,1-2H3,(H2,12,15);7-8H,2-6H2,1H3,(H2,12,15)/t8?,9-;7?,8-/m00/s1. The van der Waals surface area contributed by atoms with Crippen molar-refractivity contribution in [1.29, 1.82) is 0 Å². The van der Waals surface area contributed by atoms with Gasteiger partial charge in [0, 0.05) is 30.4 Å². The highest BCUT2D eigenvalue weighted by molar-refractivity contribution is 14.1. The van der Waals surface area contributed by atoms with Gasteiger partial charge in [-0.05, 0) is 37.5 Å². The highest BCUT2D eigenvalue weighted by Gasteiger charge is 2.33. The summed E-state index contributed by atoms with van der Waals surface area (Å²) < 4.78 is 27.5. The van der Waals surface area contributed by atoms with Gasteiger partial charge in [-0.1, -0.05) is 36.4 Å². The third-order valence-corrected chi connectivity index (χ3v) is 7.85. The first-order chi connectivity index (χ1) is 15.8. The van der Waals surface area contributed by atoms with Crippen molar-refractivity contribution in [3.63, 3.8) is 0 Å². The molecule has 0 saturated carbocycles. The van der Waals surface area contributed by atoms with E-state index in [0.29, 0.717) is 44.7 Å². The summed E-state index contributed by atoms with van der Waals surface area (Å²) >= 11 is 2.30. The Hall–Kier alpha value is -1.48. The third-order valence-electron chi connectivity index (χ3n) is 6.04. The summed E-state index contributed by atoms with van der Waals surface area (Å²) in [7, 11) is -3.49.